The van der Waals surface area contributed by atoms with Crippen molar-refractivity contribution in [2.45, 2.75) is 57.7 Å². The molecular weight excluding hydrogens is 234 g/mol. The van der Waals surface area contributed by atoms with E-state index < -0.39 is 11.5 Å². The first-order chi connectivity index (χ1) is 8.63. The molecule has 1 saturated carbocycles. The molecule has 1 aromatic heterocycles. The number of nitrogens with one attached hydrogen (secondary N) is 1. The zero-order valence-electron chi connectivity index (χ0n) is 10.8. The van der Waals surface area contributed by atoms with E-state index in [1.54, 1.807) is 4.68 Å². The molecule has 0 unspecified atom stereocenters. The first-order valence-corrected chi connectivity index (χ1v) is 6.38. The minimum Gasteiger partial charge on any atom is -0.480 e. The van der Waals surface area contributed by atoms with Gasteiger partial charge in [-0.3, -0.25) is 10.1 Å². The lowest BCUT2D eigenvalue weighted by Crippen LogP contribution is -2.51. The summed E-state index contributed by atoms with van der Waals surface area (Å²) >= 11 is 0. The van der Waals surface area contributed by atoms with Gasteiger partial charge in [-0.15, -0.1) is 5.10 Å². The molecule has 2 N–H and O–H groups in total. The summed E-state index contributed by atoms with van der Waals surface area (Å²) in [6, 6.07) is 0.402. The molecule has 7 nitrogen and oxygen atoms in total. The van der Waals surface area contributed by atoms with Crippen LogP contribution >= 0.6 is 0 Å². The van der Waals surface area contributed by atoms with Crippen LogP contribution in [0.1, 0.15) is 51.4 Å². The largest absolute Gasteiger partial charge is 0.480 e. The van der Waals surface area contributed by atoms with Crippen molar-refractivity contribution in [2.75, 3.05) is 0 Å². The molecule has 0 aromatic carbocycles. The number of nitrogens with zero attached hydrogens (tertiary/aromatic N) is 4. The van der Waals surface area contributed by atoms with Crippen molar-refractivity contribution in [3.63, 3.8) is 0 Å². The van der Waals surface area contributed by atoms with Crippen LogP contribution in [0.3, 0.4) is 0 Å². The van der Waals surface area contributed by atoms with Crippen LogP contribution in [0.5, 0.6) is 0 Å². The highest BCUT2D eigenvalue weighted by Crippen LogP contribution is 2.34. The van der Waals surface area contributed by atoms with Crippen LogP contribution in [0.15, 0.2) is 0 Å². The molecule has 1 aliphatic carbocycles. The van der Waals surface area contributed by atoms with Crippen LogP contribution in [0.2, 0.25) is 0 Å². The van der Waals surface area contributed by atoms with Crippen molar-refractivity contribution >= 4 is 5.97 Å². The average molecular weight is 253 g/mol. The number of carboxylic acids is 1. The Balaban J connectivity index is 2.05. The van der Waals surface area contributed by atoms with Gasteiger partial charge in [0.25, 0.3) is 0 Å². The van der Waals surface area contributed by atoms with Gasteiger partial charge < -0.3 is 5.11 Å². The van der Waals surface area contributed by atoms with Crippen molar-refractivity contribution in [1.82, 2.24) is 25.5 Å². The summed E-state index contributed by atoms with van der Waals surface area (Å²) in [4.78, 5) is 11.4. The number of hydrogen-bond donors (Lipinski definition) is 2. The van der Waals surface area contributed by atoms with Crippen LogP contribution in [0, 0.1) is 0 Å². The molecule has 2 rings (SSSR count). The Morgan fingerprint density at radius 3 is 2.67 bits per heavy atom. The minimum absolute atomic E-state index is 0.386. The molecule has 0 bridgehead atoms. The molecule has 0 amide bonds. The van der Waals surface area contributed by atoms with Crippen LogP contribution in [-0.2, 0) is 11.3 Å². The molecule has 0 spiro atoms. The Kier molecular flexibility index (Phi) is 3.60. The van der Waals surface area contributed by atoms with E-state index in [-0.39, 0.29) is 0 Å². The van der Waals surface area contributed by atoms with E-state index >= 15 is 0 Å². The predicted octanol–water partition coefficient (Wildman–Crippen LogP) is 0.741. The Hall–Kier alpha value is -1.50. The predicted molar refractivity (Wildman–Crippen MR) is 63.9 cm³/mol. The second kappa shape index (κ2) is 5.01. The maximum Gasteiger partial charge on any atom is 0.323 e. The lowest BCUT2D eigenvalue weighted by atomic mass is 9.93. The second-order valence-electron chi connectivity index (χ2n) is 4.72. The number of tetrazole rings is 1. The van der Waals surface area contributed by atoms with Gasteiger partial charge >= 0.3 is 5.97 Å². The van der Waals surface area contributed by atoms with E-state index in [0.717, 1.165) is 12.8 Å². The Bertz CT molecular complexity index is 423. The number of carboxylic acid groups (broad SMARTS) is 1. The average Bonchev–Trinajstić information content (AvgIpc) is 3.10. The second-order valence-corrected chi connectivity index (χ2v) is 4.72. The third-order valence-corrected chi connectivity index (χ3v) is 3.66. The van der Waals surface area contributed by atoms with E-state index in [2.05, 4.69) is 20.8 Å². The lowest BCUT2D eigenvalue weighted by Gasteiger charge is -2.27. The van der Waals surface area contributed by atoms with Gasteiger partial charge in [0, 0.05) is 0 Å². The lowest BCUT2D eigenvalue weighted by molar-refractivity contribution is -0.145. The van der Waals surface area contributed by atoms with Crippen molar-refractivity contribution < 1.29 is 9.90 Å². The molecule has 1 fully saturated rings. The first-order valence-electron chi connectivity index (χ1n) is 6.38. The van der Waals surface area contributed by atoms with Crippen molar-refractivity contribution in [3.05, 3.63) is 5.82 Å². The number of aliphatic carboxylic acids is 1. The van der Waals surface area contributed by atoms with Gasteiger partial charge in [0.15, 0.2) is 5.82 Å². The van der Waals surface area contributed by atoms with E-state index in [9.17, 15) is 9.90 Å². The summed E-state index contributed by atoms with van der Waals surface area (Å²) < 4.78 is 1.80. The molecule has 100 valence electrons. The Morgan fingerprint density at radius 1 is 1.50 bits per heavy atom. The standard InChI is InChI=1S/C11H19N5O2/c1-3-11(4-2,10(17)18)12-7-9-13-14-15-16(9)8-5-6-8/h8,12H,3-7H2,1-2H3,(H,17,18). The Morgan fingerprint density at radius 2 is 2.17 bits per heavy atom. The summed E-state index contributed by atoms with van der Waals surface area (Å²) in [6.45, 7) is 4.13. The van der Waals surface area contributed by atoms with Crippen molar-refractivity contribution in [2.24, 2.45) is 0 Å². The van der Waals surface area contributed by atoms with Crippen molar-refractivity contribution in [1.29, 1.82) is 0 Å². The minimum atomic E-state index is -0.889. The van der Waals surface area contributed by atoms with Gasteiger partial charge in [0.05, 0.1) is 12.6 Å². The highest BCUT2D eigenvalue weighted by molar-refractivity contribution is 5.78. The molecule has 1 aromatic rings. The summed E-state index contributed by atoms with van der Waals surface area (Å²) in [7, 11) is 0. The Labute approximate surface area is 106 Å². The molecule has 18 heavy (non-hydrogen) atoms. The fraction of sp³-hybridized carbons (Fsp3) is 0.818. The van der Waals surface area contributed by atoms with Gasteiger partial charge in [0.1, 0.15) is 5.54 Å². The highest BCUT2D eigenvalue weighted by atomic mass is 16.4. The number of carbonyl (C=O) groups is 1. The fourth-order valence-electron chi connectivity index (χ4n) is 2.06. The quantitative estimate of drug-likeness (QED) is 0.744. The van der Waals surface area contributed by atoms with Gasteiger partial charge in [-0.2, -0.15) is 0 Å². The molecule has 1 aliphatic rings. The zero-order chi connectivity index (χ0) is 13.2. The summed E-state index contributed by atoms with van der Waals surface area (Å²) in [6.07, 6.45) is 3.26. The van der Waals surface area contributed by atoms with E-state index in [1.165, 1.54) is 0 Å². The highest BCUT2D eigenvalue weighted by Gasteiger charge is 2.35. The SMILES string of the molecule is CCC(CC)(NCc1nnnn1C1CC1)C(=O)O. The summed E-state index contributed by atoms with van der Waals surface area (Å²) in [5.41, 5.74) is -0.889. The van der Waals surface area contributed by atoms with Crippen LogP contribution < -0.4 is 5.32 Å². The van der Waals surface area contributed by atoms with Gasteiger partial charge in [0.2, 0.25) is 0 Å². The third-order valence-electron chi connectivity index (χ3n) is 3.66. The smallest absolute Gasteiger partial charge is 0.323 e. The molecule has 7 heteroatoms. The van der Waals surface area contributed by atoms with E-state index in [0.29, 0.717) is 31.3 Å². The van der Waals surface area contributed by atoms with Crippen LogP contribution in [0.25, 0.3) is 0 Å². The van der Waals surface area contributed by atoms with Gasteiger partial charge in [-0.05, 0) is 36.1 Å². The van der Waals surface area contributed by atoms with Crippen LogP contribution in [-0.4, -0.2) is 36.8 Å². The normalized spacial score (nSPS) is 15.9. The number of hydrogen-bond acceptors (Lipinski definition) is 5. The number of rotatable bonds is 7. The fourth-order valence-corrected chi connectivity index (χ4v) is 2.06. The molecule has 0 saturated heterocycles. The topological polar surface area (TPSA) is 92.9 Å². The van der Waals surface area contributed by atoms with E-state index in [1.807, 2.05) is 13.8 Å². The molecule has 1 heterocycles. The maximum absolute atomic E-state index is 11.4. The summed E-state index contributed by atoms with van der Waals surface area (Å²) in [5, 5.41) is 24.0. The van der Waals surface area contributed by atoms with E-state index in [4.69, 9.17) is 0 Å². The third kappa shape index (κ3) is 2.35. The number of aromatic nitrogens is 4. The first kappa shape index (κ1) is 12.9. The molecular formula is C11H19N5O2. The van der Waals surface area contributed by atoms with Crippen molar-refractivity contribution in [3.8, 4) is 0 Å². The molecule has 0 atom stereocenters. The van der Waals surface area contributed by atoms with Gasteiger partial charge in [-0.25, -0.2) is 4.68 Å². The molecule has 0 radical (unpaired) electrons. The maximum atomic E-state index is 11.4. The monoisotopic (exact) mass is 253 g/mol. The van der Waals surface area contributed by atoms with Crippen LogP contribution in [0.4, 0.5) is 0 Å². The zero-order valence-corrected chi connectivity index (χ0v) is 10.8. The molecule has 0 aliphatic heterocycles. The summed E-state index contributed by atoms with van der Waals surface area (Å²) in [5.74, 6) is -0.108. The van der Waals surface area contributed by atoms with Gasteiger partial charge in [-0.1, -0.05) is 13.8 Å².